The first kappa shape index (κ1) is 12.8. The van der Waals surface area contributed by atoms with Gasteiger partial charge in [-0.2, -0.15) is 0 Å². The highest BCUT2D eigenvalue weighted by molar-refractivity contribution is 9.10. The standard InChI is InChI=1S/C12H13BrO3S/c1-12(2,14)7-10-6-8-5-9(13)3-4-11(8)17(10,15)16/h3-6,14H,7H2,1-2H3. The Morgan fingerprint density at radius 2 is 2.00 bits per heavy atom. The number of aliphatic hydroxyl groups is 1. The van der Waals surface area contributed by atoms with Gasteiger partial charge >= 0.3 is 0 Å². The van der Waals surface area contributed by atoms with E-state index < -0.39 is 15.4 Å². The van der Waals surface area contributed by atoms with Crippen LogP contribution in [0.1, 0.15) is 25.8 Å². The Hall–Kier alpha value is -0.650. The lowest BCUT2D eigenvalue weighted by molar-refractivity contribution is 0.0829. The van der Waals surface area contributed by atoms with Crippen molar-refractivity contribution >= 4 is 31.8 Å². The minimum Gasteiger partial charge on any atom is -0.390 e. The summed E-state index contributed by atoms with van der Waals surface area (Å²) >= 11 is 3.31. The Kier molecular flexibility index (Phi) is 2.96. The molecule has 0 aromatic heterocycles. The molecule has 0 unspecified atom stereocenters. The van der Waals surface area contributed by atoms with Crippen LogP contribution in [0.15, 0.2) is 32.5 Å². The van der Waals surface area contributed by atoms with Gasteiger partial charge in [0.15, 0.2) is 0 Å². The van der Waals surface area contributed by atoms with Gasteiger partial charge in [0.1, 0.15) is 0 Å². The van der Waals surface area contributed by atoms with Crippen molar-refractivity contribution in [3.05, 3.63) is 33.1 Å². The predicted octanol–water partition coefficient (Wildman–Crippen LogP) is 2.74. The molecule has 0 spiro atoms. The summed E-state index contributed by atoms with van der Waals surface area (Å²) in [7, 11) is -3.42. The van der Waals surface area contributed by atoms with Gasteiger partial charge in [0.2, 0.25) is 9.84 Å². The van der Waals surface area contributed by atoms with E-state index in [2.05, 4.69) is 15.9 Å². The number of benzene rings is 1. The molecule has 0 saturated heterocycles. The van der Waals surface area contributed by atoms with Gasteiger partial charge in [0, 0.05) is 10.9 Å². The monoisotopic (exact) mass is 316 g/mol. The second kappa shape index (κ2) is 3.93. The fraction of sp³-hybridized carbons (Fsp3) is 0.333. The summed E-state index contributed by atoms with van der Waals surface area (Å²) in [6.07, 6.45) is 1.76. The largest absolute Gasteiger partial charge is 0.390 e. The van der Waals surface area contributed by atoms with Gasteiger partial charge in [-0.25, -0.2) is 8.42 Å². The highest BCUT2D eigenvalue weighted by Gasteiger charge is 2.32. The average molecular weight is 317 g/mol. The fourth-order valence-electron chi connectivity index (χ4n) is 1.84. The van der Waals surface area contributed by atoms with Crippen molar-refractivity contribution in [1.82, 2.24) is 0 Å². The molecule has 1 aliphatic heterocycles. The molecule has 0 saturated carbocycles. The second-order valence-corrected chi connectivity index (χ2v) is 7.67. The van der Waals surface area contributed by atoms with Gasteiger partial charge in [-0.3, -0.25) is 0 Å². The topological polar surface area (TPSA) is 54.4 Å². The first-order chi connectivity index (χ1) is 7.70. The van der Waals surface area contributed by atoms with E-state index in [-0.39, 0.29) is 11.3 Å². The molecule has 0 fully saturated rings. The average Bonchev–Trinajstić information content (AvgIpc) is 2.35. The lowest BCUT2D eigenvalue weighted by Gasteiger charge is -2.17. The van der Waals surface area contributed by atoms with E-state index in [1.807, 2.05) is 0 Å². The molecule has 1 heterocycles. The number of hydrogen-bond donors (Lipinski definition) is 1. The van der Waals surface area contributed by atoms with Crippen LogP contribution in [-0.2, 0) is 9.84 Å². The molecule has 17 heavy (non-hydrogen) atoms. The molecule has 92 valence electrons. The Morgan fingerprint density at radius 3 is 2.59 bits per heavy atom. The van der Waals surface area contributed by atoms with Crippen molar-refractivity contribution in [2.75, 3.05) is 0 Å². The molecule has 0 atom stereocenters. The van der Waals surface area contributed by atoms with Crippen LogP contribution in [0.5, 0.6) is 0 Å². The smallest absolute Gasteiger partial charge is 0.203 e. The van der Waals surface area contributed by atoms with Gasteiger partial charge in [0.25, 0.3) is 0 Å². The molecule has 1 aliphatic rings. The van der Waals surface area contributed by atoms with Crippen LogP contribution in [-0.4, -0.2) is 19.1 Å². The summed E-state index contributed by atoms with van der Waals surface area (Å²) in [5.74, 6) is 0. The maximum absolute atomic E-state index is 12.2. The minimum absolute atomic E-state index is 0.127. The van der Waals surface area contributed by atoms with Crippen molar-refractivity contribution < 1.29 is 13.5 Å². The van der Waals surface area contributed by atoms with E-state index in [0.29, 0.717) is 10.5 Å². The summed E-state index contributed by atoms with van der Waals surface area (Å²) in [5, 5.41) is 9.73. The predicted molar refractivity (Wildman–Crippen MR) is 70.2 cm³/mol. The minimum atomic E-state index is -3.42. The third-order valence-corrected chi connectivity index (χ3v) is 4.93. The summed E-state index contributed by atoms with van der Waals surface area (Å²) in [6, 6.07) is 5.06. The quantitative estimate of drug-likeness (QED) is 0.912. The SMILES string of the molecule is CC(C)(O)CC1=Cc2cc(Br)ccc2S1(=O)=O. The zero-order chi connectivity index (χ0) is 12.8. The maximum atomic E-state index is 12.2. The zero-order valence-electron chi connectivity index (χ0n) is 9.57. The van der Waals surface area contributed by atoms with E-state index in [0.717, 1.165) is 4.47 Å². The van der Waals surface area contributed by atoms with Crippen molar-refractivity contribution in [1.29, 1.82) is 0 Å². The Morgan fingerprint density at radius 1 is 1.35 bits per heavy atom. The third kappa shape index (κ3) is 2.46. The van der Waals surface area contributed by atoms with Crippen LogP contribution < -0.4 is 0 Å². The summed E-state index contributed by atoms with van der Waals surface area (Å²) in [5.41, 5.74) is -0.350. The van der Waals surface area contributed by atoms with E-state index >= 15 is 0 Å². The Bertz CT molecular complexity index is 595. The second-order valence-electron chi connectivity index (χ2n) is 4.79. The molecular weight excluding hydrogens is 304 g/mol. The zero-order valence-corrected chi connectivity index (χ0v) is 12.0. The lowest BCUT2D eigenvalue weighted by atomic mass is 10.0. The molecule has 0 aliphatic carbocycles. The molecule has 1 aromatic rings. The number of hydrogen-bond acceptors (Lipinski definition) is 3. The molecule has 0 radical (unpaired) electrons. The van der Waals surface area contributed by atoms with E-state index in [9.17, 15) is 13.5 Å². The molecule has 1 aromatic carbocycles. The van der Waals surface area contributed by atoms with Crippen LogP contribution in [0.3, 0.4) is 0 Å². The van der Waals surface area contributed by atoms with E-state index in [1.165, 1.54) is 0 Å². The first-order valence-corrected chi connectivity index (χ1v) is 7.45. The number of fused-ring (bicyclic) bond motifs is 1. The molecule has 2 rings (SSSR count). The van der Waals surface area contributed by atoms with Gasteiger partial charge in [0.05, 0.1) is 15.4 Å². The molecule has 3 nitrogen and oxygen atoms in total. The normalized spacial score (nSPS) is 17.8. The van der Waals surface area contributed by atoms with Crippen molar-refractivity contribution in [2.45, 2.75) is 30.8 Å². The first-order valence-electron chi connectivity index (χ1n) is 5.18. The maximum Gasteiger partial charge on any atom is 0.203 e. The molecule has 0 amide bonds. The highest BCUT2D eigenvalue weighted by atomic mass is 79.9. The van der Waals surface area contributed by atoms with Crippen LogP contribution in [0.4, 0.5) is 0 Å². The third-order valence-electron chi connectivity index (χ3n) is 2.53. The molecule has 1 N–H and O–H groups in total. The Labute approximate surface area is 109 Å². The van der Waals surface area contributed by atoms with Crippen LogP contribution >= 0.6 is 15.9 Å². The van der Waals surface area contributed by atoms with Gasteiger partial charge < -0.3 is 5.11 Å². The fourth-order valence-corrected chi connectivity index (χ4v) is 4.00. The van der Waals surface area contributed by atoms with Gasteiger partial charge in [-0.05, 0) is 43.7 Å². The van der Waals surface area contributed by atoms with Crippen LogP contribution in [0, 0.1) is 0 Å². The van der Waals surface area contributed by atoms with Crippen LogP contribution in [0.25, 0.3) is 6.08 Å². The van der Waals surface area contributed by atoms with E-state index in [1.54, 1.807) is 38.1 Å². The Balaban J connectivity index is 2.51. The van der Waals surface area contributed by atoms with Gasteiger partial charge in [-0.1, -0.05) is 15.9 Å². The van der Waals surface area contributed by atoms with Gasteiger partial charge in [-0.15, -0.1) is 0 Å². The van der Waals surface area contributed by atoms with Crippen molar-refractivity contribution in [3.63, 3.8) is 0 Å². The molecular formula is C12H13BrO3S. The highest BCUT2D eigenvalue weighted by Crippen LogP contribution is 2.37. The number of rotatable bonds is 2. The summed E-state index contributed by atoms with van der Waals surface area (Å²) in [4.78, 5) is 0.595. The molecule has 0 bridgehead atoms. The van der Waals surface area contributed by atoms with E-state index in [4.69, 9.17) is 0 Å². The number of halogens is 1. The number of sulfone groups is 1. The summed E-state index contributed by atoms with van der Waals surface area (Å²) < 4.78 is 25.2. The summed E-state index contributed by atoms with van der Waals surface area (Å²) in [6.45, 7) is 3.20. The molecule has 5 heteroatoms. The lowest BCUT2D eigenvalue weighted by Crippen LogP contribution is -2.21. The van der Waals surface area contributed by atoms with Crippen LogP contribution in [0.2, 0.25) is 0 Å². The van der Waals surface area contributed by atoms with Crippen molar-refractivity contribution in [3.8, 4) is 0 Å². The van der Waals surface area contributed by atoms with Crippen molar-refractivity contribution in [2.24, 2.45) is 0 Å².